The van der Waals surface area contributed by atoms with Crippen molar-refractivity contribution in [1.82, 2.24) is 19.7 Å². The number of ether oxygens (including phenoxy) is 1. The van der Waals surface area contributed by atoms with Crippen molar-refractivity contribution in [3.8, 4) is 16.9 Å². The maximum absolute atomic E-state index is 14.4. The van der Waals surface area contributed by atoms with Crippen molar-refractivity contribution in [3.63, 3.8) is 0 Å². The summed E-state index contributed by atoms with van der Waals surface area (Å²) in [6, 6.07) is 4.86. The first-order valence-corrected chi connectivity index (χ1v) is 11.7. The summed E-state index contributed by atoms with van der Waals surface area (Å²) >= 11 is 6.26. The van der Waals surface area contributed by atoms with Gasteiger partial charge in [0.2, 0.25) is 0 Å². The zero-order chi connectivity index (χ0) is 23.8. The lowest BCUT2D eigenvalue weighted by molar-refractivity contribution is 0.108. The van der Waals surface area contributed by atoms with Crippen LogP contribution in [0.4, 0.5) is 8.78 Å². The van der Waals surface area contributed by atoms with E-state index in [1.54, 1.807) is 18.6 Å². The van der Waals surface area contributed by atoms with Crippen molar-refractivity contribution in [3.05, 3.63) is 65.0 Å². The highest BCUT2D eigenvalue weighted by Gasteiger charge is 2.27. The lowest BCUT2D eigenvalue weighted by Crippen LogP contribution is -2.21. The lowest BCUT2D eigenvalue weighted by Gasteiger charge is -2.25. The van der Waals surface area contributed by atoms with Crippen LogP contribution in [0.5, 0.6) is 5.75 Å². The predicted molar refractivity (Wildman–Crippen MR) is 127 cm³/mol. The number of pyridine rings is 1. The fraction of sp³-hybridized carbons (Fsp3) is 0.360. The SMILES string of the molecule is COc1ccc(F)c(Cl)c1[C@@H](CF)c1c[nH]c2ncc(-c3cnn([C@H]4CC[C@H](O)CC4)c3)cc12. The molecule has 0 aliphatic heterocycles. The number of nitrogens with one attached hydrogen (secondary N) is 1. The fourth-order valence-corrected chi connectivity index (χ4v) is 5.13. The number of hydrogen-bond acceptors (Lipinski definition) is 4. The van der Waals surface area contributed by atoms with Gasteiger partial charge in [-0.25, -0.2) is 9.37 Å². The van der Waals surface area contributed by atoms with Crippen LogP contribution >= 0.6 is 11.6 Å². The highest BCUT2D eigenvalue weighted by atomic mass is 35.5. The van der Waals surface area contributed by atoms with Crippen LogP contribution in [0.15, 0.2) is 43.0 Å². The van der Waals surface area contributed by atoms with Gasteiger partial charge in [0.25, 0.3) is 0 Å². The fourth-order valence-electron chi connectivity index (χ4n) is 4.85. The summed E-state index contributed by atoms with van der Waals surface area (Å²) in [4.78, 5) is 7.60. The number of alkyl halides is 1. The predicted octanol–water partition coefficient (Wildman–Crippen LogP) is 5.80. The molecule has 4 aromatic rings. The zero-order valence-corrected chi connectivity index (χ0v) is 19.4. The summed E-state index contributed by atoms with van der Waals surface area (Å²) in [5.41, 5.74) is 3.21. The molecule has 0 radical (unpaired) electrons. The number of aliphatic hydroxyl groups is 1. The number of fused-ring (bicyclic) bond motifs is 1. The summed E-state index contributed by atoms with van der Waals surface area (Å²) in [6.07, 6.45) is 10.3. The maximum atomic E-state index is 14.4. The number of halogens is 3. The number of aromatic nitrogens is 4. The zero-order valence-electron chi connectivity index (χ0n) is 18.6. The molecule has 0 bridgehead atoms. The van der Waals surface area contributed by atoms with Crippen molar-refractivity contribution in [2.75, 3.05) is 13.8 Å². The molecule has 0 unspecified atom stereocenters. The highest BCUT2D eigenvalue weighted by Crippen LogP contribution is 2.41. The number of nitrogens with zero attached hydrogens (tertiary/aromatic N) is 3. The smallest absolute Gasteiger partial charge is 0.142 e. The average molecular weight is 487 g/mol. The quantitative estimate of drug-likeness (QED) is 0.361. The van der Waals surface area contributed by atoms with Gasteiger partial charge in [-0.2, -0.15) is 5.10 Å². The number of benzene rings is 1. The topological polar surface area (TPSA) is 76.0 Å². The molecule has 1 aliphatic carbocycles. The lowest BCUT2D eigenvalue weighted by atomic mass is 9.91. The van der Waals surface area contributed by atoms with Crippen LogP contribution in [0.1, 0.15) is 48.8 Å². The normalized spacial score (nSPS) is 19.4. The maximum Gasteiger partial charge on any atom is 0.142 e. The van der Waals surface area contributed by atoms with Gasteiger partial charge in [-0.1, -0.05) is 11.6 Å². The Morgan fingerprint density at radius 2 is 2.03 bits per heavy atom. The number of hydrogen-bond donors (Lipinski definition) is 2. The largest absolute Gasteiger partial charge is 0.496 e. The second kappa shape index (κ2) is 9.35. The Kier molecular flexibility index (Phi) is 6.27. The number of methoxy groups -OCH3 is 1. The standard InChI is InChI=1S/C25H25ClF2N4O2/c1-34-22-7-6-21(28)24(26)23(22)19(9-27)20-12-30-25-18(20)8-14(10-29-25)15-11-31-32(13-15)16-2-4-17(33)5-3-16/h6-8,10-13,16-17,19,33H,2-5,9H2,1H3,(H,29,30)/t16-,17-,19-/m0/s1. The van der Waals surface area contributed by atoms with Crippen molar-refractivity contribution < 1.29 is 18.6 Å². The minimum atomic E-state index is -0.833. The third-order valence-electron chi connectivity index (χ3n) is 6.73. The molecule has 1 aliphatic rings. The van der Waals surface area contributed by atoms with Gasteiger partial charge in [-0.15, -0.1) is 0 Å². The van der Waals surface area contributed by atoms with Crippen LogP contribution in [0.3, 0.4) is 0 Å². The molecule has 0 saturated heterocycles. The van der Waals surface area contributed by atoms with Crippen molar-refractivity contribution in [2.24, 2.45) is 0 Å². The monoisotopic (exact) mass is 486 g/mol. The third kappa shape index (κ3) is 4.05. The number of rotatable bonds is 6. The molecule has 2 N–H and O–H groups in total. The Balaban J connectivity index is 1.53. The van der Waals surface area contributed by atoms with E-state index in [0.717, 1.165) is 42.2 Å². The number of aromatic amines is 1. The molecule has 9 heteroatoms. The molecule has 1 atom stereocenters. The van der Waals surface area contributed by atoms with E-state index >= 15 is 0 Å². The minimum Gasteiger partial charge on any atom is -0.496 e. The Labute approximate surface area is 200 Å². The first kappa shape index (κ1) is 22.8. The molecular formula is C25H25ClF2N4O2. The molecule has 3 heterocycles. The molecule has 6 nitrogen and oxygen atoms in total. The van der Waals surface area contributed by atoms with E-state index in [2.05, 4.69) is 15.1 Å². The Bertz CT molecular complexity index is 1310. The van der Waals surface area contributed by atoms with E-state index in [0.29, 0.717) is 17.0 Å². The van der Waals surface area contributed by atoms with Crippen LogP contribution in [-0.4, -0.2) is 44.7 Å². The summed E-state index contributed by atoms with van der Waals surface area (Å²) in [5.74, 6) is -1.14. The molecule has 3 aromatic heterocycles. The highest BCUT2D eigenvalue weighted by molar-refractivity contribution is 6.31. The van der Waals surface area contributed by atoms with Gasteiger partial charge < -0.3 is 14.8 Å². The van der Waals surface area contributed by atoms with Gasteiger partial charge in [0.1, 0.15) is 23.9 Å². The van der Waals surface area contributed by atoms with Crippen LogP contribution in [-0.2, 0) is 0 Å². The third-order valence-corrected chi connectivity index (χ3v) is 7.11. The summed E-state index contributed by atoms with van der Waals surface area (Å²) in [7, 11) is 1.45. The van der Waals surface area contributed by atoms with Gasteiger partial charge in [-0.05, 0) is 49.4 Å². The first-order valence-electron chi connectivity index (χ1n) is 11.3. The minimum absolute atomic E-state index is 0.153. The molecule has 178 valence electrons. The van der Waals surface area contributed by atoms with Crippen molar-refractivity contribution >= 4 is 22.6 Å². The van der Waals surface area contributed by atoms with E-state index in [9.17, 15) is 13.9 Å². The summed E-state index contributed by atoms with van der Waals surface area (Å²) in [6.45, 7) is -0.790. The molecule has 1 aromatic carbocycles. The second-order valence-corrected chi connectivity index (χ2v) is 9.10. The average Bonchev–Trinajstić information content (AvgIpc) is 3.50. The molecular weight excluding hydrogens is 462 g/mol. The van der Waals surface area contributed by atoms with Gasteiger partial charge in [0, 0.05) is 46.6 Å². The molecule has 0 amide bonds. The van der Waals surface area contributed by atoms with E-state index < -0.39 is 18.4 Å². The molecule has 1 saturated carbocycles. The molecule has 34 heavy (non-hydrogen) atoms. The van der Waals surface area contributed by atoms with E-state index in [1.165, 1.54) is 19.2 Å². The van der Waals surface area contributed by atoms with E-state index in [-0.39, 0.29) is 22.7 Å². The molecule has 0 spiro atoms. The van der Waals surface area contributed by atoms with Crippen molar-refractivity contribution in [2.45, 2.75) is 43.7 Å². The van der Waals surface area contributed by atoms with Crippen molar-refractivity contribution in [1.29, 1.82) is 0 Å². The van der Waals surface area contributed by atoms with Gasteiger partial charge in [0.15, 0.2) is 0 Å². The van der Waals surface area contributed by atoms with Crippen LogP contribution in [0, 0.1) is 5.82 Å². The first-order chi connectivity index (χ1) is 16.5. The van der Waals surface area contributed by atoms with Crippen LogP contribution < -0.4 is 4.74 Å². The van der Waals surface area contributed by atoms with Gasteiger partial charge >= 0.3 is 0 Å². The Morgan fingerprint density at radius 1 is 1.24 bits per heavy atom. The van der Waals surface area contributed by atoms with Gasteiger partial charge in [0.05, 0.1) is 30.5 Å². The van der Waals surface area contributed by atoms with Gasteiger partial charge in [-0.3, -0.25) is 9.07 Å². The Morgan fingerprint density at radius 3 is 2.76 bits per heavy atom. The van der Waals surface area contributed by atoms with E-state index in [4.69, 9.17) is 16.3 Å². The van der Waals surface area contributed by atoms with E-state index in [1.807, 2.05) is 16.9 Å². The number of aliphatic hydroxyl groups excluding tert-OH is 1. The summed E-state index contributed by atoms with van der Waals surface area (Å²) in [5, 5.41) is 14.9. The van der Waals surface area contributed by atoms with Crippen LogP contribution in [0.2, 0.25) is 5.02 Å². The van der Waals surface area contributed by atoms with Crippen LogP contribution in [0.25, 0.3) is 22.2 Å². The number of H-pyrrole nitrogens is 1. The summed E-state index contributed by atoms with van der Waals surface area (Å²) < 4.78 is 36.0. The second-order valence-electron chi connectivity index (χ2n) is 8.72. The molecule has 1 fully saturated rings. The Hall–Kier alpha value is -2.97. The molecule has 5 rings (SSSR count).